The van der Waals surface area contributed by atoms with Crippen LogP contribution in [0.3, 0.4) is 0 Å². The maximum absolute atomic E-state index is 12.7. The van der Waals surface area contributed by atoms with Crippen molar-refractivity contribution in [3.05, 3.63) is 11.4 Å². The number of carbonyl (C=O) groups excluding carboxylic acids is 2. The first-order valence-corrected chi connectivity index (χ1v) is 13.1. The summed E-state index contributed by atoms with van der Waals surface area (Å²) in [7, 11) is 1.70. The zero-order valence-electron chi connectivity index (χ0n) is 22.2. The summed E-state index contributed by atoms with van der Waals surface area (Å²) in [5, 5.41) is 3.46. The summed E-state index contributed by atoms with van der Waals surface area (Å²) in [4.78, 5) is 34.3. The van der Waals surface area contributed by atoms with Gasteiger partial charge in [0.25, 0.3) is 0 Å². The van der Waals surface area contributed by atoms with Crippen molar-refractivity contribution in [2.45, 2.75) is 95.5 Å². The first kappa shape index (κ1) is 27.1. The van der Waals surface area contributed by atoms with Gasteiger partial charge in [0.05, 0.1) is 6.54 Å². The topological polar surface area (TPSA) is 97.2 Å². The Morgan fingerprint density at radius 3 is 2.58 bits per heavy atom. The number of nitrogens with one attached hydrogen (secondary N) is 1. The molecule has 4 fully saturated rings. The Kier molecular flexibility index (Phi) is 8.12. The molecule has 0 spiro atoms. The van der Waals surface area contributed by atoms with Crippen molar-refractivity contribution < 1.29 is 28.5 Å². The van der Waals surface area contributed by atoms with Crippen LogP contribution in [0, 0.1) is 6.57 Å². The van der Waals surface area contributed by atoms with Crippen LogP contribution in [0.15, 0.2) is 0 Å². The third-order valence-corrected chi connectivity index (χ3v) is 7.86. The number of amides is 2. The van der Waals surface area contributed by atoms with Gasteiger partial charge in [-0.15, -0.1) is 0 Å². The standard InChI is InChI=1S/C25H41N5O6/c1-7-28(6)23(32)34-20-17(33-22-21(20)35-24(2,3)36-22)16-29-13-10-25(4,11-14-29)27-15-19(31)30-12-8-9-18(30)26-5/h17-18,20-22,27H,7-16H2,1-4,6H3/t17-,18+,20+,21-,22-/m1/s1. The van der Waals surface area contributed by atoms with Gasteiger partial charge in [-0.25, -0.2) is 11.4 Å². The molecule has 11 nitrogen and oxygen atoms in total. The molecule has 0 saturated carbocycles. The zero-order valence-corrected chi connectivity index (χ0v) is 22.2. The van der Waals surface area contributed by atoms with Crippen molar-refractivity contribution in [3.63, 3.8) is 0 Å². The number of nitrogens with zero attached hydrogens (tertiary/aromatic N) is 4. The Balaban J connectivity index is 1.29. The monoisotopic (exact) mass is 507 g/mol. The lowest BCUT2D eigenvalue weighted by molar-refractivity contribution is -0.217. The van der Waals surface area contributed by atoms with Gasteiger partial charge >= 0.3 is 12.3 Å². The SMILES string of the molecule is [C-]#[N+][C@@H]1CCCN1C(=O)CNC1(C)CCN(C[C@H]2O[C@@H]3OC(C)(C)O[C@@H]3[C@H]2OC(=O)N(C)CC)CC1. The fourth-order valence-corrected chi connectivity index (χ4v) is 5.40. The largest absolute Gasteiger partial charge is 0.440 e. The van der Waals surface area contributed by atoms with Crippen molar-refractivity contribution in [1.29, 1.82) is 0 Å². The van der Waals surface area contributed by atoms with E-state index in [4.69, 9.17) is 25.5 Å². The van der Waals surface area contributed by atoms with E-state index in [1.165, 1.54) is 4.90 Å². The number of hydrogen-bond acceptors (Lipinski definition) is 8. The van der Waals surface area contributed by atoms with Crippen LogP contribution in [0.4, 0.5) is 4.79 Å². The molecular weight excluding hydrogens is 466 g/mol. The summed E-state index contributed by atoms with van der Waals surface area (Å²) in [6.45, 7) is 18.7. The van der Waals surface area contributed by atoms with E-state index in [0.29, 0.717) is 19.6 Å². The molecule has 0 radical (unpaired) electrons. The van der Waals surface area contributed by atoms with E-state index in [-0.39, 0.29) is 30.3 Å². The molecule has 0 bridgehead atoms. The van der Waals surface area contributed by atoms with Crippen LogP contribution in [-0.4, -0.2) is 115 Å². The van der Waals surface area contributed by atoms with E-state index in [9.17, 15) is 9.59 Å². The minimum atomic E-state index is -0.790. The molecule has 202 valence electrons. The van der Waals surface area contributed by atoms with Crippen molar-refractivity contribution in [2.75, 3.05) is 46.3 Å². The van der Waals surface area contributed by atoms with Gasteiger partial charge in [0.15, 0.2) is 24.3 Å². The highest BCUT2D eigenvalue weighted by molar-refractivity contribution is 5.79. The van der Waals surface area contributed by atoms with Gasteiger partial charge in [0.2, 0.25) is 5.91 Å². The third-order valence-electron chi connectivity index (χ3n) is 7.86. The second kappa shape index (κ2) is 10.8. The second-order valence-electron chi connectivity index (χ2n) is 11.1. The molecule has 0 aromatic heterocycles. The molecule has 0 aliphatic carbocycles. The van der Waals surface area contributed by atoms with Gasteiger partial charge in [-0.3, -0.25) is 14.5 Å². The van der Waals surface area contributed by atoms with Crippen molar-refractivity contribution >= 4 is 12.0 Å². The second-order valence-corrected chi connectivity index (χ2v) is 11.1. The number of likely N-dealkylation sites (tertiary alicyclic amines) is 2. The molecule has 4 heterocycles. The highest BCUT2D eigenvalue weighted by Crippen LogP contribution is 2.39. The molecule has 0 unspecified atom stereocenters. The van der Waals surface area contributed by atoms with E-state index < -0.39 is 30.4 Å². The number of piperidine rings is 1. The minimum absolute atomic E-state index is 0.00711. The van der Waals surface area contributed by atoms with Gasteiger partial charge < -0.3 is 34.1 Å². The van der Waals surface area contributed by atoms with Crippen LogP contribution >= 0.6 is 0 Å². The molecule has 36 heavy (non-hydrogen) atoms. The lowest BCUT2D eigenvalue weighted by atomic mass is 9.89. The molecular formula is C25H41N5O6. The summed E-state index contributed by atoms with van der Waals surface area (Å²) in [5.41, 5.74) is -0.154. The van der Waals surface area contributed by atoms with Crippen molar-refractivity contribution in [3.8, 4) is 0 Å². The van der Waals surface area contributed by atoms with Crippen LogP contribution in [0.2, 0.25) is 0 Å². The van der Waals surface area contributed by atoms with Gasteiger partial charge in [0, 0.05) is 38.6 Å². The van der Waals surface area contributed by atoms with E-state index in [2.05, 4.69) is 22.0 Å². The molecule has 4 rings (SSSR count). The van der Waals surface area contributed by atoms with Crippen LogP contribution in [0.5, 0.6) is 0 Å². The van der Waals surface area contributed by atoms with Crippen LogP contribution < -0.4 is 5.32 Å². The van der Waals surface area contributed by atoms with E-state index in [1.807, 2.05) is 20.8 Å². The predicted molar refractivity (Wildman–Crippen MR) is 131 cm³/mol. The Morgan fingerprint density at radius 1 is 1.19 bits per heavy atom. The molecule has 1 N–H and O–H groups in total. The molecule has 0 aromatic rings. The molecule has 2 amide bonds. The average Bonchev–Trinajstić information content (AvgIpc) is 3.52. The number of hydrogen-bond donors (Lipinski definition) is 1. The lowest BCUT2D eigenvalue weighted by Gasteiger charge is -2.41. The molecule has 0 aromatic carbocycles. The summed E-state index contributed by atoms with van der Waals surface area (Å²) >= 11 is 0. The lowest BCUT2D eigenvalue weighted by Crippen LogP contribution is -2.55. The third kappa shape index (κ3) is 5.94. The summed E-state index contributed by atoms with van der Waals surface area (Å²) in [6, 6.07) is 0. The maximum Gasteiger partial charge on any atom is 0.409 e. The van der Waals surface area contributed by atoms with Gasteiger partial charge in [0.1, 0.15) is 6.10 Å². The van der Waals surface area contributed by atoms with Crippen LogP contribution in [0.1, 0.15) is 53.4 Å². The molecule has 4 aliphatic rings. The zero-order chi connectivity index (χ0) is 26.1. The quantitative estimate of drug-likeness (QED) is 0.520. The Bertz CT molecular complexity index is 854. The van der Waals surface area contributed by atoms with E-state index in [0.717, 1.165) is 38.8 Å². The van der Waals surface area contributed by atoms with Gasteiger partial charge in [-0.2, -0.15) is 0 Å². The molecule has 11 heteroatoms. The van der Waals surface area contributed by atoms with Crippen molar-refractivity contribution in [1.82, 2.24) is 20.0 Å². The fraction of sp³-hybridized carbons (Fsp3) is 0.880. The van der Waals surface area contributed by atoms with E-state index in [1.54, 1.807) is 11.9 Å². The first-order valence-electron chi connectivity index (χ1n) is 13.1. The molecule has 4 saturated heterocycles. The number of ether oxygens (including phenoxy) is 4. The van der Waals surface area contributed by atoms with Crippen molar-refractivity contribution in [2.24, 2.45) is 0 Å². The summed E-state index contributed by atoms with van der Waals surface area (Å²) in [5.74, 6) is -0.783. The van der Waals surface area contributed by atoms with E-state index >= 15 is 0 Å². The Labute approximate surface area is 214 Å². The first-order chi connectivity index (χ1) is 17.0. The average molecular weight is 508 g/mol. The normalized spacial score (nSPS) is 33.2. The highest BCUT2D eigenvalue weighted by atomic mass is 16.8. The van der Waals surface area contributed by atoms with Crippen LogP contribution in [0.25, 0.3) is 4.85 Å². The highest BCUT2D eigenvalue weighted by Gasteiger charge is 2.57. The summed E-state index contributed by atoms with van der Waals surface area (Å²) < 4.78 is 24.0. The fourth-order valence-electron chi connectivity index (χ4n) is 5.40. The number of rotatable bonds is 7. The smallest absolute Gasteiger partial charge is 0.409 e. The van der Waals surface area contributed by atoms with Gasteiger partial charge in [-0.05, 0) is 60.0 Å². The van der Waals surface area contributed by atoms with Crippen LogP contribution in [-0.2, 0) is 23.7 Å². The van der Waals surface area contributed by atoms with Gasteiger partial charge in [-0.1, -0.05) is 0 Å². The molecule has 5 atom stereocenters. The summed E-state index contributed by atoms with van der Waals surface area (Å²) in [6.07, 6.45) is 0.752. The number of carbonyl (C=O) groups is 2. The Morgan fingerprint density at radius 2 is 1.92 bits per heavy atom. The maximum atomic E-state index is 12.7. The predicted octanol–water partition coefficient (Wildman–Crippen LogP) is 1.63. The molecule has 4 aliphatic heterocycles. The minimum Gasteiger partial charge on any atom is -0.440 e. The number of fused-ring (bicyclic) bond motifs is 1. The Hall–Kier alpha value is -1.97.